The van der Waals surface area contributed by atoms with E-state index in [2.05, 4.69) is 18.7 Å². The van der Waals surface area contributed by atoms with Gasteiger partial charge in [0.05, 0.1) is 6.54 Å². The van der Waals surface area contributed by atoms with Gasteiger partial charge in [-0.05, 0) is 30.7 Å². The third-order valence-electron chi connectivity index (χ3n) is 6.53. The van der Waals surface area contributed by atoms with E-state index >= 15 is 0 Å². The van der Waals surface area contributed by atoms with Gasteiger partial charge in [0.15, 0.2) is 5.78 Å². The van der Waals surface area contributed by atoms with Crippen molar-refractivity contribution in [1.29, 1.82) is 0 Å². The minimum Gasteiger partial charge on any atom is -0.342 e. The number of nitrogens with zero attached hydrogens (tertiary/aromatic N) is 3. The Bertz CT molecular complexity index is 759. The van der Waals surface area contributed by atoms with Crippen molar-refractivity contribution < 1.29 is 14.4 Å². The van der Waals surface area contributed by atoms with Crippen molar-refractivity contribution in [3.8, 4) is 0 Å². The van der Waals surface area contributed by atoms with Crippen molar-refractivity contribution >= 4 is 17.6 Å². The van der Waals surface area contributed by atoms with Crippen LogP contribution in [0.15, 0.2) is 24.3 Å². The van der Waals surface area contributed by atoms with E-state index in [1.807, 2.05) is 34.1 Å². The number of carbonyl (C=O) groups excluding carboxylic acids is 3. The molecule has 2 aliphatic heterocycles. The number of carbonyl (C=O) groups is 3. The van der Waals surface area contributed by atoms with Crippen LogP contribution in [0.4, 0.5) is 0 Å². The average Bonchev–Trinajstić information content (AvgIpc) is 3.07. The standard InChI is InChI=1S/C26H39N3O3/c1-21(2)19-22-7-9-23(10-8-22)24(30)11-12-25(31)29-17-15-27(16-18-29)20-26(32)28-13-5-3-4-6-14-28/h7-10,21H,3-6,11-20H2,1-2H3. The van der Waals surface area contributed by atoms with Crippen molar-refractivity contribution in [2.24, 2.45) is 5.92 Å². The molecule has 0 atom stereocenters. The quantitative estimate of drug-likeness (QED) is 0.580. The summed E-state index contributed by atoms with van der Waals surface area (Å²) in [5.41, 5.74) is 1.92. The third-order valence-corrected chi connectivity index (χ3v) is 6.53. The average molecular weight is 442 g/mol. The van der Waals surface area contributed by atoms with Crippen LogP contribution in [0.5, 0.6) is 0 Å². The highest BCUT2D eigenvalue weighted by atomic mass is 16.2. The smallest absolute Gasteiger partial charge is 0.236 e. The molecule has 0 N–H and O–H groups in total. The normalized spacial score (nSPS) is 18.0. The Hall–Kier alpha value is -2.21. The van der Waals surface area contributed by atoms with Gasteiger partial charge in [0.1, 0.15) is 0 Å². The van der Waals surface area contributed by atoms with E-state index in [0.29, 0.717) is 31.1 Å². The van der Waals surface area contributed by atoms with Crippen LogP contribution in [0.25, 0.3) is 0 Å². The summed E-state index contributed by atoms with van der Waals surface area (Å²) in [4.78, 5) is 43.7. The second-order valence-electron chi connectivity index (χ2n) is 9.67. The highest BCUT2D eigenvalue weighted by Gasteiger charge is 2.24. The second-order valence-corrected chi connectivity index (χ2v) is 9.67. The van der Waals surface area contributed by atoms with E-state index in [0.717, 1.165) is 45.4 Å². The van der Waals surface area contributed by atoms with Gasteiger partial charge in [-0.1, -0.05) is 51.0 Å². The molecule has 2 amide bonds. The topological polar surface area (TPSA) is 60.9 Å². The highest BCUT2D eigenvalue weighted by molar-refractivity contribution is 5.98. The van der Waals surface area contributed by atoms with E-state index in [1.54, 1.807) is 0 Å². The number of hydrogen-bond donors (Lipinski definition) is 0. The van der Waals surface area contributed by atoms with E-state index < -0.39 is 0 Å². The molecule has 2 aliphatic rings. The Morgan fingerprint density at radius 3 is 1.94 bits per heavy atom. The molecule has 2 saturated heterocycles. The van der Waals surface area contributed by atoms with Gasteiger partial charge in [-0.2, -0.15) is 0 Å². The van der Waals surface area contributed by atoms with Crippen molar-refractivity contribution in [1.82, 2.24) is 14.7 Å². The van der Waals surface area contributed by atoms with Crippen LogP contribution in [-0.4, -0.2) is 78.1 Å². The van der Waals surface area contributed by atoms with Gasteiger partial charge in [-0.15, -0.1) is 0 Å². The molecule has 0 unspecified atom stereocenters. The SMILES string of the molecule is CC(C)Cc1ccc(C(=O)CCC(=O)N2CCN(CC(=O)N3CCCCCC3)CC2)cc1. The van der Waals surface area contributed by atoms with Crippen molar-refractivity contribution in [2.75, 3.05) is 45.8 Å². The molecule has 0 aliphatic carbocycles. The van der Waals surface area contributed by atoms with Gasteiger partial charge in [-0.3, -0.25) is 19.3 Å². The Morgan fingerprint density at radius 1 is 0.750 bits per heavy atom. The number of benzene rings is 1. The Labute approximate surface area is 192 Å². The lowest BCUT2D eigenvalue weighted by molar-refractivity contribution is -0.135. The lowest BCUT2D eigenvalue weighted by Crippen LogP contribution is -2.51. The van der Waals surface area contributed by atoms with E-state index in [1.165, 1.54) is 18.4 Å². The van der Waals surface area contributed by atoms with Gasteiger partial charge in [0.2, 0.25) is 11.8 Å². The van der Waals surface area contributed by atoms with Crippen LogP contribution >= 0.6 is 0 Å². The Morgan fingerprint density at radius 2 is 1.34 bits per heavy atom. The molecule has 6 nitrogen and oxygen atoms in total. The fraction of sp³-hybridized carbons (Fsp3) is 0.654. The van der Waals surface area contributed by atoms with Crippen molar-refractivity contribution in [3.63, 3.8) is 0 Å². The lowest BCUT2D eigenvalue weighted by Gasteiger charge is -2.35. The number of hydrogen-bond acceptors (Lipinski definition) is 4. The summed E-state index contributed by atoms with van der Waals surface area (Å²) >= 11 is 0. The van der Waals surface area contributed by atoms with Crippen LogP contribution in [0.2, 0.25) is 0 Å². The number of piperazine rings is 1. The summed E-state index contributed by atoms with van der Waals surface area (Å²) in [7, 11) is 0. The molecule has 0 bridgehead atoms. The molecule has 0 radical (unpaired) electrons. The number of amides is 2. The molecule has 6 heteroatoms. The molecule has 3 rings (SSSR count). The zero-order chi connectivity index (χ0) is 22.9. The summed E-state index contributed by atoms with van der Waals surface area (Å²) in [6.07, 6.45) is 6.15. The van der Waals surface area contributed by atoms with Gasteiger partial charge >= 0.3 is 0 Å². The van der Waals surface area contributed by atoms with Gasteiger partial charge in [0.25, 0.3) is 0 Å². The van der Waals surface area contributed by atoms with Gasteiger partial charge < -0.3 is 9.80 Å². The molecule has 2 fully saturated rings. The minimum atomic E-state index is 0.0242. The molecule has 1 aromatic carbocycles. The van der Waals surface area contributed by atoms with Crippen LogP contribution in [0, 0.1) is 5.92 Å². The summed E-state index contributed by atoms with van der Waals surface area (Å²) in [6.45, 7) is 9.27. The molecule has 0 aromatic heterocycles. The Kier molecular flexibility index (Phi) is 9.27. The first-order valence-electron chi connectivity index (χ1n) is 12.3. The summed E-state index contributed by atoms with van der Waals surface area (Å²) in [6, 6.07) is 7.79. The van der Waals surface area contributed by atoms with E-state index in [9.17, 15) is 14.4 Å². The first-order chi connectivity index (χ1) is 15.4. The maximum Gasteiger partial charge on any atom is 0.236 e. The zero-order valence-corrected chi connectivity index (χ0v) is 19.9. The van der Waals surface area contributed by atoms with E-state index in [-0.39, 0.29) is 30.4 Å². The zero-order valence-electron chi connectivity index (χ0n) is 19.9. The third kappa shape index (κ3) is 7.44. The maximum absolute atomic E-state index is 12.6. The molecule has 0 saturated carbocycles. The maximum atomic E-state index is 12.6. The summed E-state index contributed by atoms with van der Waals surface area (Å²) < 4.78 is 0. The van der Waals surface area contributed by atoms with Crippen LogP contribution in [0.3, 0.4) is 0 Å². The predicted octanol–water partition coefficient (Wildman–Crippen LogP) is 3.39. The molecule has 1 aromatic rings. The molecule has 0 spiro atoms. The van der Waals surface area contributed by atoms with Crippen LogP contribution in [-0.2, 0) is 16.0 Å². The first kappa shape index (κ1) is 24.4. The van der Waals surface area contributed by atoms with Crippen LogP contribution < -0.4 is 0 Å². The lowest BCUT2D eigenvalue weighted by atomic mass is 9.99. The number of rotatable bonds is 8. The molecular weight excluding hydrogens is 402 g/mol. The van der Waals surface area contributed by atoms with Gasteiger partial charge in [0, 0.05) is 57.7 Å². The largest absolute Gasteiger partial charge is 0.342 e. The predicted molar refractivity (Wildman–Crippen MR) is 127 cm³/mol. The van der Waals surface area contributed by atoms with E-state index in [4.69, 9.17) is 0 Å². The van der Waals surface area contributed by atoms with Crippen LogP contribution in [0.1, 0.15) is 68.3 Å². The fourth-order valence-corrected chi connectivity index (χ4v) is 4.59. The summed E-state index contributed by atoms with van der Waals surface area (Å²) in [5.74, 6) is 0.864. The van der Waals surface area contributed by atoms with Crippen molar-refractivity contribution in [3.05, 3.63) is 35.4 Å². The molecule has 2 heterocycles. The molecule has 32 heavy (non-hydrogen) atoms. The summed E-state index contributed by atoms with van der Waals surface area (Å²) in [5, 5.41) is 0. The first-order valence-corrected chi connectivity index (χ1v) is 12.3. The molecular formula is C26H39N3O3. The Balaban J connectivity index is 1.37. The monoisotopic (exact) mass is 441 g/mol. The number of Topliss-reactive ketones (excluding diaryl/α,β-unsaturated/α-hetero) is 1. The minimum absolute atomic E-state index is 0.0242. The number of ketones is 1. The van der Waals surface area contributed by atoms with Crippen molar-refractivity contribution in [2.45, 2.75) is 58.8 Å². The molecule has 176 valence electrons. The van der Waals surface area contributed by atoms with Gasteiger partial charge in [-0.25, -0.2) is 0 Å². The second kappa shape index (κ2) is 12.1. The number of likely N-dealkylation sites (tertiary alicyclic amines) is 1. The fourth-order valence-electron chi connectivity index (χ4n) is 4.59. The highest BCUT2D eigenvalue weighted by Crippen LogP contribution is 2.14.